The molecule has 1 aliphatic heterocycles. The molecule has 0 saturated heterocycles. The number of benzene rings is 2. The summed E-state index contributed by atoms with van der Waals surface area (Å²) in [6.07, 6.45) is 1.43. The number of likely N-dealkylation sites (N-methyl/N-ethyl adjacent to an activating group) is 1. The van der Waals surface area contributed by atoms with Crippen LogP contribution in [0.3, 0.4) is 0 Å². The third-order valence-corrected chi connectivity index (χ3v) is 4.12. The predicted octanol–water partition coefficient (Wildman–Crippen LogP) is 3.26. The first-order valence-electron chi connectivity index (χ1n) is 7.01. The van der Waals surface area contributed by atoms with Gasteiger partial charge in [-0.3, -0.25) is 9.79 Å². The van der Waals surface area contributed by atoms with E-state index in [0.717, 1.165) is 0 Å². The Labute approximate surface area is 142 Å². The van der Waals surface area contributed by atoms with Crippen LogP contribution in [0.25, 0.3) is 0 Å². The lowest BCUT2D eigenvalue weighted by atomic mass is 9.99. The maximum Gasteiger partial charge on any atom is 0.248 e. The van der Waals surface area contributed by atoms with Crippen molar-refractivity contribution in [3.63, 3.8) is 0 Å². The van der Waals surface area contributed by atoms with Gasteiger partial charge in [0.25, 0.3) is 0 Å². The molecule has 0 bridgehead atoms. The molecule has 1 heterocycles. The summed E-state index contributed by atoms with van der Waals surface area (Å²) >= 11 is 6.37. The number of isocyanates is 1. The Hall–Kier alpha value is -2.82. The molecule has 24 heavy (non-hydrogen) atoms. The smallest absolute Gasteiger partial charge is 0.248 e. The van der Waals surface area contributed by atoms with E-state index in [0.29, 0.717) is 11.3 Å². The zero-order valence-electron chi connectivity index (χ0n) is 12.6. The van der Waals surface area contributed by atoms with E-state index >= 15 is 0 Å². The summed E-state index contributed by atoms with van der Waals surface area (Å²) in [5.74, 6) is -0.746. The van der Waals surface area contributed by atoms with Gasteiger partial charge < -0.3 is 4.90 Å². The van der Waals surface area contributed by atoms with Crippen LogP contribution in [0, 0.1) is 5.82 Å². The Morgan fingerprint density at radius 1 is 1.29 bits per heavy atom. The van der Waals surface area contributed by atoms with Gasteiger partial charge in [0.15, 0.2) is 0 Å². The lowest BCUT2D eigenvalue weighted by Crippen LogP contribution is -2.27. The summed E-state index contributed by atoms with van der Waals surface area (Å²) in [6, 6.07) is 9.17. The number of nitrogens with zero attached hydrogens (tertiary/aromatic N) is 3. The van der Waals surface area contributed by atoms with E-state index in [9.17, 15) is 14.0 Å². The lowest BCUT2D eigenvalue weighted by molar-refractivity contribution is -0.116. The van der Waals surface area contributed by atoms with Crippen LogP contribution in [-0.4, -0.2) is 31.3 Å². The molecule has 7 heteroatoms. The second-order valence-electron chi connectivity index (χ2n) is 5.09. The van der Waals surface area contributed by atoms with E-state index in [1.807, 2.05) is 0 Å². The molecule has 1 amide bonds. The minimum Gasteiger partial charge on any atom is -0.313 e. The number of aliphatic imine (C=N–C) groups is 2. The van der Waals surface area contributed by atoms with E-state index < -0.39 is 5.82 Å². The van der Waals surface area contributed by atoms with Crippen molar-refractivity contribution >= 4 is 40.7 Å². The third kappa shape index (κ3) is 2.62. The monoisotopic (exact) mass is 343 g/mol. The topological polar surface area (TPSA) is 62.1 Å². The van der Waals surface area contributed by atoms with Crippen molar-refractivity contribution in [1.82, 2.24) is 0 Å². The summed E-state index contributed by atoms with van der Waals surface area (Å²) in [5.41, 5.74) is 1.46. The van der Waals surface area contributed by atoms with E-state index in [1.165, 1.54) is 23.1 Å². The van der Waals surface area contributed by atoms with Crippen molar-refractivity contribution in [3.8, 4) is 0 Å². The first-order chi connectivity index (χ1) is 11.5. The maximum atomic E-state index is 14.3. The van der Waals surface area contributed by atoms with Gasteiger partial charge in [-0.25, -0.2) is 9.18 Å². The van der Waals surface area contributed by atoms with Crippen LogP contribution in [-0.2, 0) is 9.59 Å². The van der Waals surface area contributed by atoms with Gasteiger partial charge in [0.2, 0.25) is 12.0 Å². The molecule has 1 aliphatic rings. The van der Waals surface area contributed by atoms with Crippen LogP contribution in [0.2, 0.25) is 5.02 Å². The lowest BCUT2D eigenvalue weighted by Gasteiger charge is -2.19. The molecule has 0 saturated carbocycles. The Morgan fingerprint density at radius 3 is 2.75 bits per heavy atom. The molecule has 0 N–H and O–H groups in total. The molecule has 0 fully saturated rings. The number of hydrogen-bond donors (Lipinski definition) is 0. The molecule has 0 radical (unpaired) electrons. The molecule has 120 valence electrons. The molecule has 0 aromatic heterocycles. The van der Waals surface area contributed by atoms with Crippen LogP contribution in [0.1, 0.15) is 11.1 Å². The highest BCUT2D eigenvalue weighted by atomic mass is 35.5. The Morgan fingerprint density at radius 2 is 2.04 bits per heavy atom. The summed E-state index contributed by atoms with van der Waals surface area (Å²) in [7, 11) is 1.58. The zero-order valence-corrected chi connectivity index (χ0v) is 13.3. The van der Waals surface area contributed by atoms with Gasteiger partial charge >= 0.3 is 0 Å². The van der Waals surface area contributed by atoms with E-state index in [2.05, 4.69) is 9.98 Å². The van der Waals surface area contributed by atoms with Gasteiger partial charge in [-0.05, 0) is 24.3 Å². The molecular weight excluding hydrogens is 333 g/mol. The van der Waals surface area contributed by atoms with E-state index in [1.54, 1.807) is 31.3 Å². The van der Waals surface area contributed by atoms with Gasteiger partial charge in [0.1, 0.15) is 12.4 Å². The van der Waals surface area contributed by atoms with Gasteiger partial charge in [0.05, 0.1) is 22.1 Å². The normalized spacial score (nSPS) is 13.7. The average Bonchev–Trinajstić information content (AvgIpc) is 2.70. The van der Waals surface area contributed by atoms with Crippen LogP contribution >= 0.6 is 11.6 Å². The van der Waals surface area contributed by atoms with Crippen molar-refractivity contribution < 1.29 is 14.0 Å². The summed E-state index contributed by atoms with van der Waals surface area (Å²) in [6.45, 7) is -0.141. The van der Waals surface area contributed by atoms with Crippen LogP contribution < -0.4 is 4.90 Å². The SMILES string of the molecule is CN1C(=O)CN=C(c2ccccc2F)c2c1ccc(N=C=O)c2Cl. The van der Waals surface area contributed by atoms with E-state index in [4.69, 9.17) is 11.6 Å². The molecule has 2 aromatic carbocycles. The highest BCUT2D eigenvalue weighted by Gasteiger charge is 2.27. The number of anilines is 1. The minimum atomic E-state index is -0.487. The molecule has 3 rings (SSSR count). The number of carbonyl (C=O) groups excluding carboxylic acids is 2. The first kappa shape index (κ1) is 16.1. The molecule has 0 aliphatic carbocycles. The van der Waals surface area contributed by atoms with Crippen molar-refractivity contribution in [2.75, 3.05) is 18.5 Å². The predicted molar refractivity (Wildman–Crippen MR) is 89.5 cm³/mol. The van der Waals surface area contributed by atoms with Crippen molar-refractivity contribution in [2.24, 2.45) is 9.98 Å². The van der Waals surface area contributed by atoms with Gasteiger partial charge in [0, 0.05) is 18.2 Å². The second-order valence-corrected chi connectivity index (χ2v) is 5.47. The van der Waals surface area contributed by atoms with Crippen LogP contribution in [0.4, 0.5) is 15.8 Å². The molecule has 2 aromatic rings. The fourth-order valence-corrected chi connectivity index (χ4v) is 2.83. The number of amides is 1. The van der Waals surface area contributed by atoms with Crippen molar-refractivity contribution in [3.05, 3.63) is 58.4 Å². The highest BCUT2D eigenvalue weighted by Crippen LogP contribution is 2.38. The van der Waals surface area contributed by atoms with Gasteiger partial charge in [-0.1, -0.05) is 23.7 Å². The first-order valence-corrected chi connectivity index (χ1v) is 7.39. The number of halogens is 2. The molecule has 0 atom stereocenters. The molecule has 0 spiro atoms. The summed E-state index contributed by atoms with van der Waals surface area (Å²) < 4.78 is 14.3. The maximum absolute atomic E-state index is 14.3. The summed E-state index contributed by atoms with van der Waals surface area (Å²) in [5, 5.41) is 0.111. The Balaban J connectivity index is 2.35. The number of hydrogen-bond acceptors (Lipinski definition) is 4. The Kier molecular flexibility index (Phi) is 4.25. The van der Waals surface area contributed by atoms with Crippen LogP contribution in [0.15, 0.2) is 46.4 Å². The summed E-state index contributed by atoms with van der Waals surface area (Å²) in [4.78, 5) is 31.9. The second kappa shape index (κ2) is 6.35. The van der Waals surface area contributed by atoms with E-state index in [-0.39, 0.29) is 34.4 Å². The molecular formula is C17H11ClFN3O2. The fourth-order valence-electron chi connectivity index (χ4n) is 2.53. The van der Waals surface area contributed by atoms with Gasteiger partial charge in [-0.15, -0.1) is 0 Å². The molecule has 0 unspecified atom stereocenters. The Bertz CT molecular complexity index is 920. The zero-order chi connectivity index (χ0) is 17.3. The average molecular weight is 344 g/mol. The van der Waals surface area contributed by atoms with Crippen LogP contribution in [0.5, 0.6) is 0 Å². The standard InChI is InChI=1S/C17H11ClFN3O2/c1-22-13-7-6-12(21-9-23)16(18)15(13)17(20-8-14(22)24)10-4-2-3-5-11(10)19/h2-7H,8H2,1H3. The number of benzodiazepines with no additional fused rings is 1. The minimum absolute atomic E-state index is 0.111. The number of carbonyl (C=O) groups is 1. The fraction of sp³-hybridized carbons (Fsp3) is 0.118. The highest BCUT2D eigenvalue weighted by molar-refractivity contribution is 6.39. The van der Waals surface area contributed by atoms with Crippen molar-refractivity contribution in [2.45, 2.75) is 0 Å². The molecule has 5 nitrogen and oxygen atoms in total. The quantitative estimate of drug-likeness (QED) is 0.620. The largest absolute Gasteiger partial charge is 0.313 e. The van der Waals surface area contributed by atoms with Gasteiger partial charge in [-0.2, -0.15) is 4.99 Å². The third-order valence-electron chi connectivity index (χ3n) is 3.74. The van der Waals surface area contributed by atoms with Crippen molar-refractivity contribution in [1.29, 1.82) is 0 Å². The number of rotatable bonds is 2. The number of fused-ring (bicyclic) bond motifs is 1.